The van der Waals surface area contributed by atoms with Crippen molar-refractivity contribution in [2.75, 3.05) is 0 Å². The van der Waals surface area contributed by atoms with Crippen LogP contribution >= 0.6 is 22.9 Å². The SMILES string of the molecule is N#C/C(=C(\O)c1ccccc1Cl)c1nc(-c2ccccc2)cs1. The van der Waals surface area contributed by atoms with Crippen LogP contribution in [-0.2, 0) is 0 Å². The second-order valence-electron chi connectivity index (χ2n) is 4.72. The molecule has 0 saturated heterocycles. The fraction of sp³-hybridized carbons (Fsp3) is 0. The molecule has 0 fully saturated rings. The average Bonchev–Trinajstić information content (AvgIpc) is 3.06. The number of nitrogens with zero attached hydrogens (tertiary/aromatic N) is 2. The van der Waals surface area contributed by atoms with Crippen molar-refractivity contribution in [2.45, 2.75) is 0 Å². The van der Waals surface area contributed by atoms with Gasteiger partial charge in [-0.3, -0.25) is 0 Å². The van der Waals surface area contributed by atoms with Gasteiger partial charge in [0.05, 0.1) is 10.7 Å². The van der Waals surface area contributed by atoms with Gasteiger partial charge in [-0.25, -0.2) is 4.98 Å². The Morgan fingerprint density at radius 2 is 1.78 bits per heavy atom. The second-order valence-corrected chi connectivity index (χ2v) is 5.98. The molecule has 0 bridgehead atoms. The predicted molar refractivity (Wildman–Crippen MR) is 94.1 cm³/mol. The van der Waals surface area contributed by atoms with E-state index in [-0.39, 0.29) is 11.3 Å². The third kappa shape index (κ3) is 3.11. The summed E-state index contributed by atoms with van der Waals surface area (Å²) in [7, 11) is 0. The fourth-order valence-electron chi connectivity index (χ4n) is 2.12. The summed E-state index contributed by atoms with van der Waals surface area (Å²) in [5.41, 5.74) is 2.27. The van der Waals surface area contributed by atoms with E-state index in [0.717, 1.165) is 11.3 Å². The Labute approximate surface area is 142 Å². The number of aromatic nitrogens is 1. The van der Waals surface area contributed by atoms with Crippen LogP contribution < -0.4 is 0 Å². The monoisotopic (exact) mass is 338 g/mol. The predicted octanol–water partition coefficient (Wildman–Crippen LogP) is 5.41. The van der Waals surface area contributed by atoms with Gasteiger partial charge in [0.2, 0.25) is 0 Å². The van der Waals surface area contributed by atoms with Crippen molar-refractivity contribution < 1.29 is 5.11 Å². The molecule has 23 heavy (non-hydrogen) atoms. The number of thiazole rings is 1. The van der Waals surface area contributed by atoms with Gasteiger partial charge in [0, 0.05) is 16.5 Å². The molecule has 1 heterocycles. The van der Waals surface area contributed by atoms with Crippen LogP contribution in [0.2, 0.25) is 5.02 Å². The van der Waals surface area contributed by atoms with E-state index in [9.17, 15) is 10.4 Å². The van der Waals surface area contributed by atoms with Crippen molar-refractivity contribution in [3.8, 4) is 17.3 Å². The van der Waals surface area contributed by atoms with Crippen molar-refractivity contribution in [2.24, 2.45) is 0 Å². The Hall–Kier alpha value is -2.61. The minimum absolute atomic E-state index is 0.116. The van der Waals surface area contributed by atoms with Gasteiger partial charge in [0.1, 0.15) is 22.4 Å². The van der Waals surface area contributed by atoms with Crippen molar-refractivity contribution >= 4 is 34.3 Å². The molecule has 0 radical (unpaired) electrons. The molecule has 3 nitrogen and oxygen atoms in total. The molecule has 1 aromatic heterocycles. The Kier molecular flexibility index (Phi) is 4.42. The first-order valence-corrected chi connectivity index (χ1v) is 8.06. The van der Waals surface area contributed by atoms with E-state index in [2.05, 4.69) is 4.98 Å². The highest BCUT2D eigenvalue weighted by atomic mass is 35.5. The highest BCUT2D eigenvalue weighted by Crippen LogP contribution is 2.32. The minimum Gasteiger partial charge on any atom is -0.506 e. The van der Waals surface area contributed by atoms with E-state index >= 15 is 0 Å². The van der Waals surface area contributed by atoms with E-state index in [1.807, 2.05) is 41.8 Å². The molecule has 2 aromatic carbocycles. The molecule has 0 saturated carbocycles. The lowest BCUT2D eigenvalue weighted by Crippen LogP contribution is -1.91. The van der Waals surface area contributed by atoms with Crippen LogP contribution in [0.5, 0.6) is 0 Å². The first kappa shape index (κ1) is 15.3. The number of aliphatic hydroxyl groups is 1. The Morgan fingerprint density at radius 1 is 1.09 bits per heavy atom. The maximum absolute atomic E-state index is 10.4. The van der Waals surface area contributed by atoms with Crippen LogP contribution in [0.4, 0.5) is 0 Å². The third-order valence-electron chi connectivity index (χ3n) is 3.27. The number of benzene rings is 2. The molecule has 0 unspecified atom stereocenters. The zero-order valence-electron chi connectivity index (χ0n) is 11.9. The van der Waals surface area contributed by atoms with Gasteiger partial charge in [0.25, 0.3) is 0 Å². The lowest BCUT2D eigenvalue weighted by molar-refractivity contribution is 0.514. The fourth-order valence-corrected chi connectivity index (χ4v) is 3.17. The van der Waals surface area contributed by atoms with Gasteiger partial charge in [0.15, 0.2) is 0 Å². The second kappa shape index (κ2) is 6.66. The quantitative estimate of drug-likeness (QED) is 0.513. The van der Waals surface area contributed by atoms with Gasteiger partial charge in [-0.15, -0.1) is 11.3 Å². The summed E-state index contributed by atoms with van der Waals surface area (Å²) < 4.78 is 0. The maximum Gasteiger partial charge on any atom is 0.145 e. The first-order valence-electron chi connectivity index (χ1n) is 6.80. The van der Waals surface area contributed by atoms with Crippen LogP contribution in [0, 0.1) is 11.3 Å². The Balaban J connectivity index is 2.06. The number of hydrogen-bond donors (Lipinski definition) is 1. The molecule has 0 aliphatic rings. The highest BCUT2D eigenvalue weighted by Gasteiger charge is 2.16. The lowest BCUT2D eigenvalue weighted by atomic mass is 10.1. The third-order valence-corrected chi connectivity index (χ3v) is 4.45. The summed E-state index contributed by atoms with van der Waals surface area (Å²) in [6.45, 7) is 0. The molecule has 112 valence electrons. The topological polar surface area (TPSA) is 56.9 Å². The molecule has 3 aromatic rings. The molecular formula is C18H11ClN2OS. The summed E-state index contributed by atoms with van der Waals surface area (Å²) in [6.07, 6.45) is 0. The average molecular weight is 339 g/mol. The minimum atomic E-state index is -0.160. The Bertz CT molecular complexity index is 910. The molecular weight excluding hydrogens is 328 g/mol. The summed E-state index contributed by atoms with van der Waals surface area (Å²) in [4.78, 5) is 4.46. The first-order chi connectivity index (χ1) is 11.2. The molecule has 0 aliphatic carbocycles. The van der Waals surface area contributed by atoms with Gasteiger partial charge in [-0.05, 0) is 12.1 Å². The normalized spacial score (nSPS) is 11.7. The molecule has 0 atom stereocenters. The molecule has 5 heteroatoms. The van der Waals surface area contributed by atoms with Crippen LogP contribution in [0.25, 0.3) is 22.6 Å². The molecule has 1 N–H and O–H groups in total. The van der Waals surface area contributed by atoms with E-state index < -0.39 is 0 Å². The van der Waals surface area contributed by atoms with Crippen molar-refractivity contribution in [1.82, 2.24) is 4.98 Å². The summed E-state index contributed by atoms with van der Waals surface area (Å²) >= 11 is 7.40. The lowest BCUT2D eigenvalue weighted by Gasteiger charge is -2.04. The van der Waals surface area contributed by atoms with E-state index in [1.54, 1.807) is 24.3 Å². The zero-order chi connectivity index (χ0) is 16.2. The van der Waals surface area contributed by atoms with Crippen LogP contribution in [0.3, 0.4) is 0 Å². The Morgan fingerprint density at radius 3 is 2.48 bits per heavy atom. The number of allylic oxidation sites excluding steroid dienone is 1. The van der Waals surface area contributed by atoms with Gasteiger partial charge in [-0.1, -0.05) is 54.1 Å². The van der Waals surface area contributed by atoms with Gasteiger partial charge in [-0.2, -0.15) is 5.26 Å². The number of rotatable bonds is 3. The number of halogens is 1. The summed E-state index contributed by atoms with van der Waals surface area (Å²) in [5, 5.41) is 22.6. The van der Waals surface area contributed by atoms with Crippen LogP contribution in [0.1, 0.15) is 10.6 Å². The maximum atomic E-state index is 10.4. The van der Waals surface area contributed by atoms with E-state index in [4.69, 9.17) is 11.6 Å². The van der Waals surface area contributed by atoms with E-state index in [0.29, 0.717) is 15.6 Å². The van der Waals surface area contributed by atoms with Gasteiger partial charge < -0.3 is 5.11 Å². The number of aliphatic hydroxyl groups excluding tert-OH is 1. The van der Waals surface area contributed by atoms with Crippen LogP contribution in [-0.4, -0.2) is 10.1 Å². The van der Waals surface area contributed by atoms with Crippen LogP contribution in [0.15, 0.2) is 60.0 Å². The smallest absolute Gasteiger partial charge is 0.145 e. The van der Waals surface area contributed by atoms with Gasteiger partial charge >= 0.3 is 0 Å². The number of hydrogen-bond acceptors (Lipinski definition) is 4. The largest absolute Gasteiger partial charge is 0.506 e. The van der Waals surface area contributed by atoms with E-state index in [1.165, 1.54) is 11.3 Å². The van der Waals surface area contributed by atoms with Crippen molar-refractivity contribution in [3.05, 3.63) is 75.6 Å². The van der Waals surface area contributed by atoms with Crippen molar-refractivity contribution in [1.29, 1.82) is 5.26 Å². The molecule has 0 amide bonds. The molecule has 3 rings (SSSR count). The highest BCUT2D eigenvalue weighted by molar-refractivity contribution is 7.11. The molecule has 0 spiro atoms. The number of nitriles is 1. The summed E-state index contributed by atoms with van der Waals surface area (Å²) in [5.74, 6) is -0.160. The molecule has 0 aliphatic heterocycles. The summed E-state index contributed by atoms with van der Waals surface area (Å²) in [6, 6.07) is 18.6. The van der Waals surface area contributed by atoms with Crippen molar-refractivity contribution in [3.63, 3.8) is 0 Å². The standard InChI is InChI=1S/C18H11ClN2OS/c19-15-9-5-4-8-13(15)17(22)14(10-20)18-21-16(11-23-18)12-6-2-1-3-7-12/h1-9,11,22H/b17-14+. The zero-order valence-corrected chi connectivity index (χ0v) is 13.5.